The van der Waals surface area contributed by atoms with Gasteiger partial charge in [0, 0.05) is 5.69 Å². The number of aromatic carboxylic acids is 1. The summed E-state index contributed by atoms with van der Waals surface area (Å²) in [5, 5.41) is 8.56. The van der Waals surface area contributed by atoms with Crippen LogP contribution in [0.1, 0.15) is 10.4 Å². The third-order valence-electron chi connectivity index (χ3n) is 1.28. The fourth-order valence-corrected chi connectivity index (χ4v) is 1.16. The molecule has 0 unspecified atom stereocenters. The number of halogens is 2. The first-order valence-electron chi connectivity index (χ1n) is 3.00. The van der Waals surface area contributed by atoms with Gasteiger partial charge in [0.1, 0.15) is 5.82 Å². The van der Waals surface area contributed by atoms with Crippen molar-refractivity contribution in [1.82, 2.24) is 0 Å². The first-order valence-corrected chi connectivity index (χ1v) is 3.79. The van der Waals surface area contributed by atoms with Crippen LogP contribution in [0.3, 0.4) is 0 Å². The molecule has 1 aromatic rings. The fourth-order valence-electron chi connectivity index (χ4n) is 0.766. The maximum atomic E-state index is 12.8. The number of carboxylic acids is 1. The molecule has 0 aliphatic carbocycles. The van der Waals surface area contributed by atoms with Gasteiger partial charge in [-0.2, -0.15) is 0 Å². The standard InChI is InChI=1S/C7H5BrFNO2/c8-6-4(7(11)12)1-3(10)2-5(6)9/h1-2H,10H2,(H,11,12). The van der Waals surface area contributed by atoms with E-state index in [1.165, 1.54) is 6.07 Å². The highest BCUT2D eigenvalue weighted by Gasteiger charge is 2.12. The number of rotatable bonds is 1. The van der Waals surface area contributed by atoms with Crippen LogP contribution < -0.4 is 5.73 Å². The monoisotopic (exact) mass is 233 g/mol. The maximum Gasteiger partial charge on any atom is 0.337 e. The zero-order valence-electron chi connectivity index (χ0n) is 5.84. The Labute approximate surface area is 76.1 Å². The number of hydrogen-bond acceptors (Lipinski definition) is 2. The molecule has 64 valence electrons. The van der Waals surface area contributed by atoms with E-state index in [0.29, 0.717) is 0 Å². The summed E-state index contributed by atoms with van der Waals surface area (Å²) in [6.45, 7) is 0. The summed E-state index contributed by atoms with van der Waals surface area (Å²) in [4.78, 5) is 10.5. The highest BCUT2D eigenvalue weighted by Crippen LogP contribution is 2.23. The molecular weight excluding hydrogens is 229 g/mol. The number of benzene rings is 1. The summed E-state index contributed by atoms with van der Waals surface area (Å²) in [5.41, 5.74) is 5.16. The lowest BCUT2D eigenvalue weighted by molar-refractivity contribution is 0.0695. The van der Waals surface area contributed by atoms with Crippen LogP contribution in [-0.2, 0) is 0 Å². The maximum absolute atomic E-state index is 12.8. The molecule has 0 aromatic heterocycles. The van der Waals surface area contributed by atoms with Gasteiger partial charge in [0.15, 0.2) is 0 Å². The van der Waals surface area contributed by atoms with Gasteiger partial charge in [0.05, 0.1) is 10.0 Å². The van der Waals surface area contributed by atoms with Crippen molar-refractivity contribution in [2.24, 2.45) is 0 Å². The van der Waals surface area contributed by atoms with E-state index in [9.17, 15) is 9.18 Å². The topological polar surface area (TPSA) is 63.3 Å². The molecule has 0 saturated heterocycles. The van der Waals surface area contributed by atoms with E-state index >= 15 is 0 Å². The molecule has 0 atom stereocenters. The van der Waals surface area contributed by atoms with Crippen molar-refractivity contribution >= 4 is 27.6 Å². The third-order valence-corrected chi connectivity index (χ3v) is 2.09. The van der Waals surface area contributed by atoms with E-state index in [4.69, 9.17) is 10.8 Å². The first-order chi connectivity index (χ1) is 5.52. The van der Waals surface area contributed by atoms with E-state index in [2.05, 4.69) is 15.9 Å². The SMILES string of the molecule is Nc1cc(F)c(Br)c(C(=O)O)c1. The Hall–Kier alpha value is -1.10. The lowest BCUT2D eigenvalue weighted by Gasteiger charge is -2.01. The highest BCUT2D eigenvalue weighted by molar-refractivity contribution is 9.10. The van der Waals surface area contributed by atoms with E-state index < -0.39 is 11.8 Å². The molecule has 0 spiro atoms. The minimum absolute atomic E-state index is 0.0794. The van der Waals surface area contributed by atoms with Gasteiger partial charge in [-0.1, -0.05) is 0 Å². The molecular formula is C7H5BrFNO2. The van der Waals surface area contributed by atoms with Gasteiger partial charge >= 0.3 is 5.97 Å². The van der Waals surface area contributed by atoms with E-state index in [1.54, 1.807) is 0 Å². The lowest BCUT2D eigenvalue weighted by Crippen LogP contribution is -2.01. The van der Waals surface area contributed by atoms with Crippen molar-refractivity contribution < 1.29 is 14.3 Å². The van der Waals surface area contributed by atoms with E-state index in [0.717, 1.165) is 6.07 Å². The smallest absolute Gasteiger partial charge is 0.337 e. The molecule has 0 heterocycles. The largest absolute Gasteiger partial charge is 0.478 e. The molecule has 0 bridgehead atoms. The average Bonchev–Trinajstić information content (AvgIpc) is 1.96. The number of hydrogen-bond donors (Lipinski definition) is 2. The summed E-state index contributed by atoms with van der Waals surface area (Å²) in [6.07, 6.45) is 0. The Bertz CT molecular complexity index is 340. The molecule has 0 radical (unpaired) electrons. The molecule has 0 aliphatic heterocycles. The Morgan fingerprint density at radius 1 is 1.58 bits per heavy atom. The molecule has 3 nitrogen and oxygen atoms in total. The molecule has 0 saturated carbocycles. The Kier molecular flexibility index (Phi) is 2.32. The summed E-state index contributed by atoms with van der Waals surface area (Å²) in [7, 11) is 0. The van der Waals surface area contributed by atoms with Crippen molar-refractivity contribution in [2.45, 2.75) is 0 Å². The van der Waals surface area contributed by atoms with Crippen molar-refractivity contribution in [2.75, 3.05) is 5.73 Å². The van der Waals surface area contributed by atoms with Crippen molar-refractivity contribution in [3.05, 3.63) is 28.0 Å². The number of carboxylic acid groups (broad SMARTS) is 1. The second-order valence-corrected chi connectivity index (χ2v) is 2.96. The van der Waals surface area contributed by atoms with Crippen LogP contribution in [0.2, 0.25) is 0 Å². The first kappa shape index (κ1) is 8.99. The van der Waals surface area contributed by atoms with Crippen LogP contribution >= 0.6 is 15.9 Å². The molecule has 1 rings (SSSR count). The summed E-state index contributed by atoms with van der Waals surface area (Å²) in [6, 6.07) is 2.24. The van der Waals surface area contributed by atoms with Gasteiger partial charge in [0.2, 0.25) is 0 Å². The van der Waals surface area contributed by atoms with Crippen molar-refractivity contribution in [3.8, 4) is 0 Å². The summed E-state index contributed by atoms with van der Waals surface area (Å²) in [5.74, 6) is -1.89. The zero-order chi connectivity index (χ0) is 9.30. The van der Waals surface area contributed by atoms with E-state index in [-0.39, 0.29) is 15.7 Å². The molecule has 12 heavy (non-hydrogen) atoms. The molecule has 5 heteroatoms. The number of carbonyl (C=O) groups is 1. The number of nitrogen functional groups attached to an aromatic ring is 1. The van der Waals surface area contributed by atoms with Gasteiger partial charge in [0.25, 0.3) is 0 Å². The second-order valence-electron chi connectivity index (χ2n) is 2.17. The van der Waals surface area contributed by atoms with Gasteiger partial charge in [-0.15, -0.1) is 0 Å². The Morgan fingerprint density at radius 2 is 2.17 bits per heavy atom. The van der Waals surface area contributed by atoms with Gasteiger partial charge < -0.3 is 10.8 Å². The van der Waals surface area contributed by atoms with Crippen LogP contribution in [0.25, 0.3) is 0 Å². The van der Waals surface area contributed by atoms with Crippen LogP contribution in [-0.4, -0.2) is 11.1 Å². The summed E-state index contributed by atoms with van der Waals surface area (Å²) < 4.78 is 12.7. The molecule has 0 aliphatic rings. The fraction of sp³-hybridized carbons (Fsp3) is 0. The molecule has 0 fully saturated rings. The van der Waals surface area contributed by atoms with Crippen LogP contribution in [0, 0.1) is 5.82 Å². The van der Waals surface area contributed by atoms with E-state index in [1.807, 2.05) is 0 Å². The van der Waals surface area contributed by atoms with Crippen LogP contribution in [0.5, 0.6) is 0 Å². The van der Waals surface area contributed by atoms with Gasteiger partial charge in [-0.3, -0.25) is 0 Å². The van der Waals surface area contributed by atoms with Crippen LogP contribution in [0.15, 0.2) is 16.6 Å². The average molecular weight is 234 g/mol. The van der Waals surface area contributed by atoms with Crippen LogP contribution in [0.4, 0.5) is 10.1 Å². The number of anilines is 1. The van der Waals surface area contributed by atoms with Crippen molar-refractivity contribution in [3.63, 3.8) is 0 Å². The van der Waals surface area contributed by atoms with Gasteiger partial charge in [-0.25, -0.2) is 9.18 Å². The molecule has 3 N–H and O–H groups in total. The summed E-state index contributed by atoms with van der Waals surface area (Å²) >= 11 is 2.80. The predicted octanol–water partition coefficient (Wildman–Crippen LogP) is 1.87. The zero-order valence-corrected chi connectivity index (χ0v) is 7.43. The van der Waals surface area contributed by atoms with Gasteiger partial charge in [-0.05, 0) is 28.1 Å². The quantitative estimate of drug-likeness (QED) is 0.729. The predicted molar refractivity (Wildman–Crippen MR) is 45.5 cm³/mol. The lowest BCUT2D eigenvalue weighted by atomic mass is 10.2. The third kappa shape index (κ3) is 1.55. The number of nitrogens with two attached hydrogens (primary N) is 1. The minimum Gasteiger partial charge on any atom is -0.478 e. The van der Waals surface area contributed by atoms with Crippen molar-refractivity contribution in [1.29, 1.82) is 0 Å². The highest BCUT2D eigenvalue weighted by atomic mass is 79.9. The minimum atomic E-state index is -1.21. The molecule has 0 amide bonds. The normalized spacial score (nSPS) is 9.83. The Morgan fingerprint density at radius 3 is 2.67 bits per heavy atom. The Balaban J connectivity index is 3.37. The molecule has 1 aromatic carbocycles. The second kappa shape index (κ2) is 3.10.